The lowest BCUT2D eigenvalue weighted by Crippen LogP contribution is -2.35. The van der Waals surface area contributed by atoms with Crippen molar-refractivity contribution in [2.45, 2.75) is 92.0 Å². The van der Waals surface area contributed by atoms with Crippen LogP contribution in [0.3, 0.4) is 0 Å². The molecule has 7 nitrogen and oxygen atoms in total. The second-order valence-corrected chi connectivity index (χ2v) is 9.00. The van der Waals surface area contributed by atoms with Gasteiger partial charge in [0, 0.05) is 18.5 Å². The number of nitrogens with one attached hydrogen (secondary N) is 3. The molecule has 0 aromatic heterocycles. The number of benzene rings is 2. The predicted octanol–water partition coefficient (Wildman–Crippen LogP) is 7.02. The fraction of sp³-hybridized carbons (Fsp3) is 0.500. The van der Waals surface area contributed by atoms with Gasteiger partial charge in [0.1, 0.15) is 5.84 Å². The van der Waals surface area contributed by atoms with Gasteiger partial charge in [0.2, 0.25) is 0 Å². The smallest absolute Gasteiger partial charge is 0.171 e. The Balaban J connectivity index is 0.00000235. The van der Waals surface area contributed by atoms with E-state index in [1.807, 2.05) is 19.9 Å². The van der Waals surface area contributed by atoms with Crippen LogP contribution in [0.2, 0.25) is 0 Å². The lowest BCUT2D eigenvalue weighted by Gasteiger charge is -2.20. The maximum absolute atomic E-state index is 4.89. The van der Waals surface area contributed by atoms with Crippen molar-refractivity contribution in [3.8, 4) is 11.1 Å². The van der Waals surface area contributed by atoms with Gasteiger partial charge in [0.05, 0.1) is 6.54 Å². The van der Waals surface area contributed by atoms with Crippen molar-refractivity contribution in [3.05, 3.63) is 59.7 Å². The molecule has 37 heavy (non-hydrogen) atoms. The molecule has 0 saturated heterocycles. The molecule has 1 aliphatic rings. The van der Waals surface area contributed by atoms with Gasteiger partial charge in [-0.1, -0.05) is 115 Å². The van der Waals surface area contributed by atoms with E-state index in [2.05, 4.69) is 94.6 Å². The van der Waals surface area contributed by atoms with Gasteiger partial charge < -0.3 is 0 Å². The van der Waals surface area contributed by atoms with E-state index in [4.69, 9.17) is 5.10 Å². The quantitative estimate of drug-likeness (QED) is 0.105. The summed E-state index contributed by atoms with van der Waals surface area (Å²) in [6.07, 6.45) is 10.7. The van der Waals surface area contributed by atoms with Gasteiger partial charge in [0.15, 0.2) is 5.84 Å². The number of rotatable bonds is 15. The van der Waals surface area contributed by atoms with Crippen molar-refractivity contribution >= 4 is 18.4 Å². The zero-order valence-electron chi connectivity index (χ0n) is 23.4. The van der Waals surface area contributed by atoms with E-state index < -0.39 is 0 Å². The number of aliphatic imine (C=N–C) groups is 1. The Hall–Kier alpha value is -3.19. The normalized spacial score (nSPS) is 12.6. The Labute approximate surface area is 224 Å². The SMILES string of the molecule is C=N/C(CCCCCCCC)=N\N(CCCC)Cc1ccc(-c2ccccc2C2=NNNN2)cc1.CC. The molecule has 202 valence electrons. The van der Waals surface area contributed by atoms with Gasteiger partial charge in [-0.2, -0.15) is 5.10 Å². The Morgan fingerprint density at radius 3 is 2.19 bits per heavy atom. The Morgan fingerprint density at radius 2 is 1.54 bits per heavy atom. The maximum Gasteiger partial charge on any atom is 0.171 e. The first-order chi connectivity index (χ1) is 18.2. The molecule has 0 bridgehead atoms. The highest BCUT2D eigenvalue weighted by Crippen LogP contribution is 2.25. The molecule has 7 heteroatoms. The van der Waals surface area contributed by atoms with E-state index in [0.29, 0.717) is 0 Å². The molecule has 1 heterocycles. The van der Waals surface area contributed by atoms with Crippen LogP contribution in [-0.2, 0) is 6.54 Å². The molecule has 0 unspecified atom stereocenters. The average molecular weight is 506 g/mol. The largest absolute Gasteiger partial charge is 0.291 e. The zero-order chi connectivity index (χ0) is 26.7. The first kappa shape index (κ1) is 30.0. The van der Waals surface area contributed by atoms with Crippen LogP contribution in [-0.4, -0.2) is 29.9 Å². The Kier molecular flexibility index (Phi) is 14.7. The minimum Gasteiger partial charge on any atom is -0.291 e. The Morgan fingerprint density at radius 1 is 0.865 bits per heavy atom. The van der Waals surface area contributed by atoms with Crippen LogP contribution in [0, 0.1) is 0 Å². The second kappa shape index (κ2) is 18.1. The molecular weight excluding hydrogens is 458 g/mol. The minimum atomic E-state index is 0.763. The van der Waals surface area contributed by atoms with Crippen molar-refractivity contribution < 1.29 is 0 Å². The highest BCUT2D eigenvalue weighted by molar-refractivity contribution is 6.04. The summed E-state index contributed by atoms with van der Waals surface area (Å²) in [6.45, 7) is 13.9. The minimum absolute atomic E-state index is 0.763. The van der Waals surface area contributed by atoms with E-state index >= 15 is 0 Å². The average Bonchev–Trinajstić information content (AvgIpc) is 3.49. The Bertz CT molecular complexity index is 966. The summed E-state index contributed by atoms with van der Waals surface area (Å²) in [7, 11) is 0. The van der Waals surface area contributed by atoms with Crippen molar-refractivity contribution in [1.29, 1.82) is 0 Å². The number of hydrogen-bond acceptors (Lipinski definition) is 6. The third-order valence-electron chi connectivity index (χ3n) is 6.18. The van der Waals surface area contributed by atoms with Gasteiger partial charge >= 0.3 is 0 Å². The molecule has 0 radical (unpaired) electrons. The zero-order valence-corrected chi connectivity index (χ0v) is 23.4. The van der Waals surface area contributed by atoms with Crippen molar-refractivity contribution in [2.24, 2.45) is 15.2 Å². The summed E-state index contributed by atoms with van der Waals surface area (Å²) in [5, 5.41) is 11.3. The van der Waals surface area contributed by atoms with Crippen molar-refractivity contribution in [3.63, 3.8) is 0 Å². The van der Waals surface area contributed by atoms with Gasteiger partial charge in [-0.25, -0.2) is 10.5 Å². The fourth-order valence-corrected chi connectivity index (χ4v) is 4.16. The van der Waals surface area contributed by atoms with E-state index in [-0.39, 0.29) is 0 Å². The van der Waals surface area contributed by atoms with Gasteiger partial charge in [0.25, 0.3) is 0 Å². The number of amidine groups is 2. The predicted molar refractivity (Wildman–Crippen MR) is 159 cm³/mol. The van der Waals surface area contributed by atoms with Crippen LogP contribution in [0.1, 0.15) is 96.6 Å². The lowest BCUT2D eigenvalue weighted by molar-refractivity contribution is 0.273. The summed E-state index contributed by atoms with van der Waals surface area (Å²) in [4.78, 5) is 4.24. The van der Waals surface area contributed by atoms with E-state index in [1.165, 1.54) is 37.7 Å². The topological polar surface area (TPSA) is 76.4 Å². The molecule has 2 aromatic carbocycles. The van der Waals surface area contributed by atoms with Crippen LogP contribution < -0.4 is 16.5 Å². The summed E-state index contributed by atoms with van der Waals surface area (Å²) >= 11 is 0. The highest BCUT2D eigenvalue weighted by atomic mass is 15.8. The van der Waals surface area contributed by atoms with E-state index in [0.717, 1.165) is 67.1 Å². The molecule has 2 aromatic rings. The number of unbranched alkanes of at least 4 members (excludes halogenated alkanes) is 6. The highest BCUT2D eigenvalue weighted by Gasteiger charge is 2.14. The number of hydrazine groups is 2. The summed E-state index contributed by atoms with van der Waals surface area (Å²) < 4.78 is 0. The maximum atomic E-state index is 4.89. The van der Waals surface area contributed by atoms with E-state index in [1.54, 1.807) is 0 Å². The molecule has 0 saturated carbocycles. The monoisotopic (exact) mass is 505 g/mol. The molecule has 0 aliphatic carbocycles. The van der Waals surface area contributed by atoms with Crippen LogP contribution in [0.4, 0.5) is 0 Å². The number of hydrogen-bond donors (Lipinski definition) is 3. The first-order valence-electron chi connectivity index (χ1n) is 14.1. The summed E-state index contributed by atoms with van der Waals surface area (Å²) in [5.41, 5.74) is 13.2. The van der Waals surface area contributed by atoms with Crippen LogP contribution in [0.25, 0.3) is 11.1 Å². The van der Waals surface area contributed by atoms with Crippen LogP contribution >= 0.6 is 0 Å². The second-order valence-electron chi connectivity index (χ2n) is 9.00. The first-order valence-corrected chi connectivity index (χ1v) is 14.1. The van der Waals surface area contributed by atoms with Crippen LogP contribution in [0.5, 0.6) is 0 Å². The third-order valence-corrected chi connectivity index (χ3v) is 6.18. The lowest BCUT2D eigenvalue weighted by atomic mass is 9.98. The van der Waals surface area contributed by atoms with Gasteiger partial charge in [-0.15, -0.1) is 10.6 Å². The van der Waals surface area contributed by atoms with E-state index in [9.17, 15) is 0 Å². The molecular formula is C30H47N7. The number of hydrazone groups is 2. The molecule has 0 spiro atoms. The third kappa shape index (κ3) is 10.4. The summed E-state index contributed by atoms with van der Waals surface area (Å²) in [5.74, 6) is 1.63. The molecule has 0 amide bonds. The molecule has 0 fully saturated rings. The van der Waals surface area contributed by atoms with Gasteiger partial charge in [-0.05, 0) is 36.2 Å². The fourth-order valence-electron chi connectivity index (χ4n) is 4.16. The van der Waals surface area contributed by atoms with Crippen molar-refractivity contribution in [2.75, 3.05) is 6.54 Å². The van der Waals surface area contributed by atoms with Crippen molar-refractivity contribution in [1.82, 2.24) is 21.5 Å². The molecule has 1 aliphatic heterocycles. The standard InChI is InChI=1S/C28H41N7.C2H6/c1-4-6-8-9-10-11-16-27(29-3)32-35(21-7-5-2)22-23-17-19-24(20-18-23)25-14-12-13-15-26(25)28-30-33-34-31-28;1-2/h12-15,17-20,33-34H,3-11,16,21-22H2,1-2H3,(H,30,31);1-2H3/b32-27-;. The molecule has 3 N–H and O–H groups in total. The molecule has 3 rings (SSSR count). The van der Waals surface area contributed by atoms with Gasteiger partial charge in [-0.3, -0.25) is 10.4 Å². The summed E-state index contributed by atoms with van der Waals surface area (Å²) in [6, 6.07) is 17.0. The number of nitrogens with zero attached hydrogens (tertiary/aromatic N) is 4. The van der Waals surface area contributed by atoms with Crippen LogP contribution in [0.15, 0.2) is 63.7 Å². The molecule has 0 atom stereocenters.